The van der Waals surface area contributed by atoms with Gasteiger partial charge in [-0.25, -0.2) is 4.98 Å². The van der Waals surface area contributed by atoms with E-state index in [1.807, 2.05) is 6.92 Å². The van der Waals surface area contributed by atoms with E-state index in [1.54, 1.807) is 35.3 Å². The monoisotopic (exact) mass is 375 g/mol. The van der Waals surface area contributed by atoms with Crippen LogP contribution >= 0.6 is 11.3 Å². The van der Waals surface area contributed by atoms with E-state index >= 15 is 0 Å². The molecule has 1 N–H and O–H groups in total. The molecule has 2 aromatic heterocycles. The third-order valence-electron chi connectivity index (χ3n) is 5.44. The predicted octanol–water partition coefficient (Wildman–Crippen LogP) is 1.60. The minimum atomic E-state index is -0.0626. The van der Waals surface area contributed by atoms with Gasteiger partial charge in [-0.2, -0.15) is 5.10 Å². The molecule has 1 amide bonds. The fourth-order valence-corrected chi connectivity index (χ4v) is 4.89. The third kappa shape index (κ3) is 3.41. The van der Waals surface area contributed by atoms with Crippen molar-refractivity contribution in [3.63, 3.8) is 0 Å². The molecule has 2 saturated heterocycles. The number of rotatable bonds is 6. The average Bonchev–Trinajstić information content (AvgIpc) is 3.28. The Bertz CT molecular complexity index is 780. The zero-order valence-electron chi connectivity index (χ0n) is 15.3. The molecule has 0 unspecified atom stereocenters. The van der Waals surface area contributed by atoms with E-state index in [2.05, 4.69) is 25.7 Å². The Morgan fingerprint density at radius 2 is 2.35 bits per heavy atom. The molecule has 26 heavy (non-hydrogen) atoms. The maximum Gasteiger partial charge on any atom is 0.269 e. The summed E-state index contributed by atoms with van der Waals surface area (Å²) >= 11 is 1.73. The van der Waals surface area contributed by atoms with Gasteiger partial charge in [-0.3, -0.25) is 14.4 Å². The van der Waals surface area contributed by atoms with Crippen LogP contribution in [-0.2, 0) is 18.3 Å². The normalized spacial score (nSPS) is 21.8. The van der Waals surface area contributed by atoms with Crippen molar-refractivity contribution in [3.8, 4) is 0 Å². The lowest BCUT2D eigenvalue weighted by molar-refractivity contribution is -0.136. The first-order valence-electron chi connectivity index (χ1n) is 9.09. The first kappa shape index (κ1) is 17.6. The number of hydrogen-bond donors (Lipinski definition) is 1. The van der Waals surface area contributed by atoms with Crippen LogP contribution in [0, 0.1) is 12.8 Å². The van der Waals surface area contributed by atoms with Crippen molar-refractivity contribution in [2.24, 2.45) is 13.0 Å². The Morgan fingerprint density at radius 1 is 1.50 bits per heavy atom. The van der Waals surface area contributed by atoms with E-state index in [1.165, 1.54) is 5.01 Å². The molecule has 140 valence electrons. The molecule has 0 bridgehead atoms. The molecule has 1 spiro atoms. The Kier molecular flexibility index (Phi) is 4.81. The second kappa shape index (κ2) is 7.09. The molecule has 0 saturated carbocycles. The number of likely N-dealkylation sites (tertiary alicyclic amines) is 1. The van der Waals surface area contributed by atoms with Gasteiger partial charge < -0.3 is 10.1 Å². The highest BCUT2D eigenvalue weighted by Gasteiger charge is 2.52. The number of carbonyl (C=O) groups is 1. The minimum Gasteiger partial charge on any atom is -0.372 e. The average molecular weight is 375 g/mol. The summed E-state index contributed by atoms with van der Waals surface area (Å²) in [5, 5.41) is 10.3. The molecule has 2 aliphatic rings. The molecular weight excluding hydrogens is 350 g/mol. The molecule has 8 heteroatoms. The molecule has 1 atom stereocenters. The first-order chi connectivity index (χ1) is 12.6. The van der Waals surface area contributed by atoms with Crippen molar-refractivity contribution < 1.29 is 9.53 Å². The molecule has 0 aliphatic carbocycles. The Hall–Kier alpha value is -1.77. The van der Waals surface area contributed by atoms with Crippen molar-refractivity contribution in [3.05, 3.63) is 34.0 Å². The second-order valence-corrected chi connectivity index (χ2v) is 8.25. The van der Waals surface area contributed by atoms with E-state index < -0.39 is 0 Å². The van der Waals surface area contributed by atoms with Crippen molar-refractivity contribution in [1.29, 1.82) is 0 Å². The number of hydrogen-bond acceptors (Lipinski definition) is 6. The van der Waals surface area contributed by atoms with Gasteiger partial charge in [-0.1, -0.05) is 0 Å². The van der Waals surface area contributed by atoms with E-state index in [9.17, 15) is 4.79 Å². The lowest BCUT2D eigenvalue weighted by atomic mass is 9.79. The summed E-state index contributed by atoms with van der Waals surface area (Å²) in [6.07, 6.45) is 3.67. The molecule has 2 fully saturated rings. The molecule has 2 aromatic rings. The molecule has 0 radical (unpaired) electrons. The Balaban J connectivity index is 1.25. The van der Waals surface area contributed by atoms with Crippen LogP contribution in [0.1, 0.15) is 34.0 Å². The highest BCUT2D eigenvalue weighted by molar-refractivity contribution is 7.09. The highest BCUT2D eigenvalue weighted by Crippen LogP contribution is 2.42. The molecule has 0 aromatic carbocycles. The zero-order valence-corrected chi connectivity index (χ0v) is 16.1. The summed E-state index contributed by atoms with van der Waals surface area (Å²) in [4.78, 5) is 19.1. The van der Waals surface area contributed by atoms with Crippen molar-refractivity contribution in [2.45, 2.75) is 31.9 Å². The quantitative estimate of drug-likeness (QED) is 0.830. The number of nitrogens with one attached hydrogen (secondary N) is 1. The van der Waals surface area contributed by atoms with Crippen LogP contribution in [-0.4, -0.2) is 57.4 Å². The third-order valence-corrected chi connectivity index (χ3v) is 6.39. The molecular formula is C18H25N5O2S. The summed E-state index contributed by atoms with van der Waals surface area (Å²) in [5.41, 5.74) is 1.67. The summed E-state index contributed by atoms with van der Waals surface area (Å²) in [7, 11) is 1.78. The van der Waals surface area contributed by atoms with E-state index in [-0.39, 0.29) is 11.5 Å². The molecule has 4 heterocycles. The molecule has 2 aliphatic heterocycles. The fourth-order valence-electron chi connectivity index (χ4n) is 4.08. The largest absolute Gasteiger partial charge is 0.372 e. The zero-order chi connectivity index (χ0) is 18.1. The number of thiazole rings is 1. The van der Waals surface area contributed by atoms with Gasteiger partial charge in [0.05, 0.1) is 12.1 Å². The number of amides is 1. The summed E-state index contributed by atoms with van der Waals surface area (Å²) in [6.45, 7) is 6.37. The van der Waals surface area contributed by atoms with Crippen molar-refractivity contribution >= 4 is 17.2 Å². The number of ether oxygens (including phenoxy) is 1. The van der Waals surface area contributed by atoms with Gasteiger partial charge >= 0.3 is 0 Å². The second-order valence-electron chi connectivity index (χ2n) is 7.31. The number of carbonyl (C=O) groups excluding carboxylic acids is 1. The van der Waals surface area contributed by atoms with Crippen LogP contribution in [0.4, 0.5) is 0 Å². The SMILES string of the molecule is Cc1csc(CN2CC3(C2)OCC[C@H]3CCNC(=O)c2ccnn2C)n1. The van der Waals surface area contributed by atoms with E-state index in [4.69, 9.17) is 4.74 Å². The van der Waals surface area contributed by atoms with Crippen LogP contribution in [0.25, 0.3) is 0 Å². The maximum absolute atomic E-state index is 12.2. The van der Waals surface area contributed by atoms with Crippen LogP contribution in [0.15, 0.2) is 17.6 Å². The van der Waals surface area contributed by atoms with Crippen molar-refractivity contribution in [2.75, 3.05) is 26.2 Å². The van der Waals surface area contributed by atoms with Gasteiger partial charge in [0, 0.05) is 50.6 Å². The standard InChI is InChI=1S/C18H25N5O2S/c1-13-10-26-16(21-13)9-23-11-18(12-23)14(5-8-25-18)3-6-19-17(24)15-4-7-20-22(15)2/h4,7,10,14H,3,5-6,8-9,11-12H2,1-2H3,(H,19,24)/t14-/m1/s1. The number of nitrogens with zero attached hydrogens (tertiary/aromatic N) is 4. The molecule has 7 nitrogen and oxygen atoms in total. The smallest absolute Gasteiger partial charge is 0.269 e. The predicted molar refractivity (Wildman–Crippen MR) is 99.1 cm³/mol. The van der Waals surface area contributed by atoms with E-state index in [0.717, 1.165) is 44.8 Å². The lowest BCUT2D eigenvalue weighted by Gasteiger charge is -2.50. The van der Waals surface area contributed by atoms with Gasteiger partial charge in [-0.05, 0) is 31.7 Å². The first-order valence-corrected chi connectivity index (χ1v) is 9.97. The van der Waals surface area contributed by atoms with Crippen molar-refractivity contribution in [1.82, 2.24) is 25.0 Å². The summed E-state index contributed by atoms with van der Waals surface area (Å²) in [5.74, 6) is 0.441. The minimum absolute atomic E-state index is 0.0242. The number of aryl methyl sites for hydroxylation is 2. The molecule has 4 rings (SSSR count). The van der Waals surface area contributed by atoms with Crippen LogP contribution < -0.4 is 5.32 Å². The van der Waals surface area contributed by atoms with Gasteiger partial charge in [0.25, 0.3) is 5.91 Å². The highest BCUT2D eigenvalue weighted by atomic mass is 32.1. The topological polar surface area (TPSA) is 72.3 Å². The number of aromatic nitrogens is 3. The van der Waals surface area contributed by atoms with Crippen LogP contribution in [0.5, 0.6) is 0 Å². The van der Waals surface area contributed by atoms with Gasteiger partial charge in [0.1, 0.15) is 10.7 Å². The summed E-state index contributed by atoms with van der Waals surface area (Å²) in [6, 6.07) is 1.74. The van der Waals surface area contributed by atoms with Gasteiger partial charge in [0.2, 0.25) is 0 Å². The van der Waals surface area contributed by atoms with Crippen LogP contribution in [0.2, 0.25) is 0 Å². The van der Waals surface area contributed by atoms with E-state index in [0.29, 0.717) is 18.2 Å². The van der Waals surface area contributed by atoms with Gasteiger partial charge in [0.15, 0.2) is 0 Å². The Morgan fingerprint density at radius 3 is 3.04 bits per heavy atom. The Labute approximate surface area is 157 Å². The fraction of sp³-hybridized carbons (Fsp3) is 0.611. The summed E-state index contributed by atoms with van der Waals surface area (Å²) < 4.78 is 7.72. The lowest BCUT2D eigenvalue weighted by Crippen LogP contribution is -2.64. The van der Waals surface area contributed by atoms with Crippen LogP contribution in [0.3, 0.4) is 0 Å². The van der Waals surface area contributed by atoms with Gasteiger partial charge in [-0.15, -0.1) is 11.3 Å². The maximum atomic E-state index is 12.2.